The van der Waals surface area contributed by atoms with E-state index in [9.17, 15) is 14.7 Å². The first-order valence-corrected chi connectivity index (χ1v) is 4.78. The molecule has 0 saturated heterocycles. The van der Waals surface area contributed by atoms with Crippen LogP contribution in [0.3, 0.4) is 0 Å². The molecule has 0 aliphatic heterocycles. The Morgan fingerprint density at radius 2 is 2.12 bits per heavy atom. The van der Waals surface area contributed by atoms with E-state index in [1.807, 2.05) is 0 Å². The SMILES string of the molecule is COC(CN)CC(=O)NCC(C)(O)C(=O)O. The second-order valence-electron chi connectivity index (χ2n) is 3.65. The molecule has 0 heterocycles. The molecule has 0 fully saturated rings. The number of rotatable bonds is 7. The number of amides is 1. The highest BCUT2D eigenvalue weighted by atomic mass is 16.5. The zero-order valence-corrected chi connectivity index (χ0v) is 9.40. The number of aliphatic carboxylic acids is 1. The van der Waals surface area contributed by atoms with Crippen LogP contribution in [0, 0.1) is 0 Å². The van der Waals surface area contributed by atoms with Gasteiger partial charge in [-0.25, -0.2) is 4.79 Å². The minimum absolute atomic E-state index is 0.0305. The molecular formula is C9H18N2O5. The van der Waals surface area contributed by atoms with Crippen LogP contribution in [0.25, 0.3) is 0 Å². The molecule has 0 aromatic heterocycles. The van der Waals surface area contributed by atoms with Crippen LogP contribution in [-0.2, 0) is 14.3 Å². The summed E-state index contributed by atoms with van der Waals surface area (Å²) in [6.07, 6.45) is -0.377. The van der Waals surface area contributed by atoms with Gasteiger partial charge < -0.3 is 26.0 Å². The van der Waals surface area contributed by atoms with Gasteiger partial charge in [-0.3, -0.25) is 4.79 Å². The van der Waals surface area contributed by atoms with E-state index in [0.717, 1.165) is 6.92 Å². The maximum Gasteiger partial charge on any atom is 0.337 e. The number of hydrogen-bond donors (Lipinski definition) is 4. The number of aliphatic hydroxyl groups is 1. The predicted molar refractivity (Wildman–Crippen MR) is 55.7 cm³/mol. The second kappa shape index (κ2) is 6.41. The van der Waals surface area contributed by atoms with Crippen LogP contribution in [0.4, 0.5) is 0 Å². The van der Waals surface area contributed by atoms with E-state index in [2.05, 4.69) is 5.32 Å². The molecule has 0 bridgehead atoms. The summed E-state index contributed by atoms with van der Waals surface area (Å²) in [5, 5.41) is 20.2. The number of methoxy groups -OCH3 is 1. The van der Waals surface area contributed by atoms with Crippen LogP contribution in [0.1, 0.15) is 13.3 Å². The lowest BCUT2D eigenvalue weighted by Crippen LogP contribution is -2.47. The molecule has 16 heavy (non-hydrogen) atoms. The molecule has 7 nitrogen and oxygen atoms in total. The molecule has 1 amide bonds. The van der Waals surface area contributed by atoms with Crippen molar-refractivity contribution in [3.8, 4) is 0 Å². The van der Waals surface area contributed by atoms with Gasteiger partial charge in [0.2, 0.25) is 5.91 Å². The summed E-state index contributed by atoms with van der Waals surface area (Å²) >= 11 is 0. The minimum atomic E-state index is -1.97. The van der Waals surface area contributed by atoms with Crippen molar-refractivity contribution in [2.75, 3.05) is 20.2 Å². The number of carbonyl (C=O) groups is 2. The lowest BCUT2D eigenvalue weighted by atomic mass is 10.1. The van der Waals surface area contributed by atoms with Crippen LogP contribution >= 0.6 is 0 Å². The topological polar surface area (TPSA) is 122 Å². The van der Waals surface area contributed by atoms with Crippen molar-refractivity contribution in [2.24, 2.45) is 5.73 Å². The van der Waals surface area contributed by atoms with Crippen LogP contribution in [0.5, 0.6) is 0 Å². The maximum absolute atomic E-state index is 11.3. The zero-order valence-electron chi connectivity index (χ0n) is 9.40. The summed E-state index contributed by atoms with van der Waals surface area (Å²) in [6.45, 7) is 0.938. The average molecular weight is 234 g/mol. The Kier molecular flexibility index (Phi) is 5.94. The van der Waals surface area contributed by atoms with Crippen LogP contribution in [-0.4, -0.2) is 54.0 Å². The fourth-order valence-electron chi connectivity index (χ4n) is 0.888. The van der Waals surface area contributed by atoms with Gasteiger partial charge in [0.05, 0.1) is 19.1 Å². The molecule has 0 aliphatic rings. The lowest BCUT2D eigenvalue weighted by Gasteiger charge is -2.19. The van der Waals surface area contributed by atoms with Gasteiger partial charge in [0, 0.05) is 13.7 Å². The molecule has 2 atom stereocenters. The second-order valence-corrected chi connectivity index (χ2v) is 3.65. The van der Waals surface area contributed by atoms with Crippen molar-refractivity contribution in [3.05, 3.63) is 0 Å². The van der Waals surface area contributed by atoms with Crippen molar-refractivity contribution in [1.82, 2.24) is 5.32 Å². The molecule has 0 spiro atoms. The molecule has 2 unspecified atom stereocenters. The molecule has 0 rings (SSSR count). The first-order chi connectivity index (χ1) is 7.33. The molecule has 94 valence electrons. The highest BCUT2D eigenvalue weighted by Crippen LogP contribution is 2.01. The molecule has 0 radical (unpaired) electrons. The molecule has 5 N–H and O–H groups in total. The Labute approximate surface area is 93.6 Å². The number of carboxylic acids is 1. The van der Waals surface area contributed by atoms with Crippen molar-refractivity contribution in [3.63, 3.8) is 0 Å². The third-order valence-corrected chi connectivity index (χ3v) is 2.10. The van der Waals surface area contributed by atoms with E-state index in [0.29, 0.717) is 0 Å². The summed E-state index contributed by atoms with van der Waals surface area (Å²) in [5.41, 5.74) is 3.34. The van der Waals surface area contributed by atoms with Gasteiger partial charge >= 0.3 is 5.97 Å². The van der Waals surface area contributed by atoms with E-state index in [1.54, 1.807) is 0 Å². The van der Waals surface area contributed by atoms with Gasteiger partial charge in [-0.2, -0.15) is 0 Å². The summed E-state index contributed by atoms with van der Waals surface area (Å²) in [4.78, 5) is 21.8. The van der Waals surface area contributed by atoms with Gasteiger partial charge in [-0.1, -0.05) is 0 Å². The van der Waals surface area contributed by atoms with Gasteiger partial charge in [0.25, 0.3) is 0 Å². The van der Waals surface area contributed by atoms with Gasteiger partial charge in [-0.15, -0.1) is 0 Å². The van der Waals surface area contributed by atoms with Gasteiger partial charge in [0.1, 0.15) is 0 Å². The Balaban J connectivity index is 4.03. The maximum atomic E-state index is 11.3. The van der Waals surface area contributed by atoms with Gasteiger partial charge in [-0.05, 0) is 6.92 Å². The molecule has 0 saturated carbocycles. The zero-order chi connectivity index (χ0) is 12.8. The van der Waals surface area contributed by atoms with E-state index >= 15 is 0 Å². The average Bonchev–Trinajstić information content (AvgIpc) is 2.23. The quantitative estimate of drug-likeness (QED) is 0.416. The van der Waals surface area contributed by atoms with Crippen molar-refractivity contribution in [2.45, 2.75) is 25.0 Å². The molecule has 0 aromatic rings. The normalized spacial score (nSPS) is 16.2. The van der Waals surface area contributed by atoms with Crippen molar-refractivity contribution < 1.29 is 24.5 Å². The predicted octanol–water partition coefficient (Wildman–Crippen LogP) is -1.70. The highest BCUT2D eigenvalue weighted by Gasteiger charge is 2.30. The number of nitrogens with two attached hydrogens (primary N) is 1. The smallest absolute Gasteiger partial charge is 0.337 e. The number of ether oxygens (including phenoxy) is 1. The lowest BCUT2D eigenvalue weighted by molar-refractivity contribution is -0.156. The summed E-state index contributed by atoms with van der Waals surface area (Å²) in [6, 6.07) is 0. The van der Waals surface area contributed by atoms with Crippen LogP contribution in [0.15, 0.2) is 0 Å². The Hall–Kier alpha value is -1.18. The van der Waals surface area contributed by atoms with E-state index in [4.69, 9.17) is 15.6 Å². The van der Waals surface area contributed by atoms with Crippen molar-refractivity contribution in [1.29, 1.82) is 0 Å². The fraction of sp³-hybridized carbons (Fsp3) is 0.778. The van der Waals surface area contributed by atoms with E-state index in [1.165, 1.54) is 7.11 Å². The fourth-order valence-corrected chi connectivity index (χ4v) is 0.888. The summed E-state index contributed by atoms with van der Waals surface area (Å²) in [7, 11) is 1.43. The molecule has 7 heteroatoms. The third kappa shape index (κ3) is 5.06. The summed E-state index contributed by atoms with van der Waals surface area (Å²) in [5.74, 6) is -1.81. The molecule has 0 aliphatic carbocycles. The number of carboxylic acid groups (broad SMARTS) is 1. The monoisotopic (exact) mass is 234 g/mol. The highest BCUT2D eigenvalue weighted by molar-refractivity contribution is 5.80. The van der Waals surface area contributed by atoms with Crippen LogP contribution < -0.4 is 11.1 Å². The standard InChI is InChI=1S/C9H18N2O5/c1-9(15,8(13)14)5-11-7(12)3-6(4-10)16-2/h6,15H,3-5,10H2,1-2H3,(H,11,12)(H,13,14). The number of carbonyl (C=O) groups excluding carboxylic acids is 1. The Bertz CT molecular complexity index is 250. The number of hydrogen-bond acceptors (Lipinski definition) is 5. The summed E-state index contributed by atoms with van der Waals surface area (Å²) < 4.78 is 4.88. The first-order valence-electron chi connectivity index (χ1n) is 4.78. The molecule has 0 aromatic carbocycles. The largest absolute Gasteiger partial charge is 0.479 e. The van der Waals surface area contributed by atoms with Crippen LogP contribution in [0.2, 0.25) is 0 Å². The van der Waals surface area contributed by atoms with Gasteiger partial charge in [0.15, 0.2) is 5.60 Å². The first kappa shape index (κ1) is 14.8. The van der Waals surface area contributed by atoms with E-state index in [-0.39, 0.29) is 19.5 Å². The molecular weight excluding hydrogens is 216 g/mol. The third-order valence-electron chi connectivity index (χ3n) is 2.10. The Morgan fingerprint density at radius 3 is 2.50 bits per heavy atom. The van der Waals surface area contributed by atoms with E-state index < -0.39 is 23.6 Å². The minimum Gasteiger partial charge on any atom is -0.479 e. The van der Waals surface area contributed by atoms with Crippen molar-refractivity contribution >= 4 is 11.9 Å². The number of nitrogens with one attached hydrogen (secondary N) is 1. The Morgan fingerprint density at radius 1 is 1.56 bits per heavy atom.